The van der Waals surface area contributed by atoms with Crippen molar-refractivity contribution in [2.75, 3.05) is 0 Å². The standard InChI is InChI=1S/C13H20ClN/c1-10-6-12(5-3-4-11(2)15)8-13(7-10)9-14/h6-8,11H,3-5,9,15H2,1-2H3/t11-/m1/s1. The Bertz CT molecular complexity index is 307. The van der Waals surface area contributed by atoms with E-state index in [4.69, 9.17) is 17.3 Å². The number of hydrogen-bond donors (Lipinski definition) is 1. The topological polar surface area (TPSA) is 26.0 Å². The number of halogens is 1. The first-order chi connectivity index (χ1) is 7.11. The highest BCUT2D eigenvalue weighted by atomic mass is 35.5. The predicted octanol–water partition coefficient (Wildman–Crippen LogP) is 3.40. The lowest BCUT2D eigenvalue weighted by Crippen LogP contribution is -2.14. The van der Waals surface area contributed by atoms with Crippen molar-refractivity contribution in [3.05, 3.63) is 34.9 Å². The van der Waals surface area contributed by atoms with Gasteiger partial charge >= 0.3 is 0 Å². The first-order valence-corrected chi connectivity index (χ1v) is 6.06. The van der Waals surface area contributed by atoms with Crippen molar-refractivity contribution in [3.63, 3.8) is 0 Å². The molecule has 0 bridgehead atoms. The third kappa shape index (κ3) is 4.67. The second-order valence-electron chi connectivity index (χ2n) is 4.33. The molecular weight excluding hydrogens is 206 g/mol. The maximum absolute atomic E-state index is 5.84. The van der Waals surface area contributed by atoms with Crippen molar-refractivity contribution >= 4 is 11.6 Å². The van der Waals surface area contributed by atoms with Crippen LogP contribution in [0, 0.1) is 6.92 Å². The monoisotopic (exact) mass is 225 g/mol. The number of hydrogen-bond acceptors (Lipinski definition) is 1. The molecule has 0 aromatic heterocycles. The lowest BCUT2D eigenvalue weighted by molar-refractivity contribution is 0.624. The Morgan fingerprint density at radius 3 is 2.53 bits per heavy atom. The van der Waals surface area contributed by atoms with Crippen LogP contribution in [0.25, 0.3) is 0 Å². The van der Waals surface area contributed by atoms with Crippen LogP contribution in [-0.4, -0.2) is 6.04 Å². The Kier molecular flexibility index (Phi) is 5.13. The summed E-state index contributed by atoms with van der Waals surface area (Å²) >= 11 is 5.84. The third-order valence-corrected chi connectivity index (χ3v) is 2.78. The van der Waals surface area contributed by atoms with Crippen LogP contribution in [0.15, 0.2) is 18.2 Å². The number of rotatable bonds is 5. The van der Waals surface area contributed by atoms with Gasteiger partial charge in [0.1, 0.15) is 0 Å². The van der Waals surface area contributed by atoms with Gasteiger partial charge in [0.15, 0.2) is 0 Å². The number of benzene rings is 1. The van der Waals surface area contributed by atoms with Crippen LogP contribution in [0.4, 0.5) is 0 Å². The average Bonchev–Trinajstić information content (AvgIpc) is 2.16. The molecule has 1 nitrogen and oxygen atoms in total. The first kappa shape index (κ1) is 12.5. The Morgan fingerprint density at radius 2 is 1.93 bits per heavy atom. The summed E-state index contributed by atoms with van der Waals surface area (Å²) in [5, 5.41) is 0. The molecule has 0 aliphatic carbocycles. The lowest BCUT2D eigenvalue weighted by atomic mass is 10.0. The quantitative estimate of drug-likeness (QED) is 0.764. The summed E-state index contributed by atoms with van der Waals surface area (Å²) in [6.45, 7) is 4.17. The van der Waals surface area contributed by atoms with Gasteiger partial charge in [0.05, 0.1) is 0 Å². The molecule has 0 spiro atoms. The van der Waals surface area contributed by atoms with Gasteiger partial charge in [-0.2, -0.15) is 0 Å². The maximum atomic E-state index is 5.84. The highest BCUT2D eigenvalue weighted by Crippen LogP contribution is 2.14. The molecule has 84 valence electrons. The molecule has 0 aliphatic heterocycles. The molecule has 0 saturated carbocycles. The summed E-state index contributed by atoms with van der Waals surface area (Å²) in [5.74, 6) is 0.599. The summed E-state index contributed by atoms with van der Waals surface area (Å²) < 4.78 is 0. The highest BCUT2D eigenvalue weighted by Gasteiger charge is 2.00. The third-order valence-electron chi connectivity index (χ3n) is 2.48. The van der Waals surface area contributed by atoms with Gasteiger partial charge in [-0.3, -0.25) is 0 Å². The van der Waals surface area contributed by atoms with Crippen molar-refractivity contribution in [1.82, 2.24) is 0 Å². The van der Waals surface area contributed by atoms with Gasteiger partial charge in [-0.1, -0.05) is 23.8 Å². The number of nitrogens with two attached hydrogens (primary N) is 1. The van der Waals surface area contributed by atoms with Crippen LogP contribution in [-0.2, 0) is 12.3 Å². The van der Waals surface area contributed by atoms with E-state index in [0.717, 1.165) is 19.3 Å². The van der Waals surface area contributed by atoms with Crippen molar-refractivity contribution in [1.29, 1.82) is 0 Å². The molecule has 0 unspecified atom stereocenters. The summed E-state index contributed by atoms with van der Waals surface area (Å²) in [4.78, 5) is 0. The molecule has 15 heavy (non-hydrogen) atoms. The average molecular weight is 226 g/mol. The fraction of sp³-hybridized carbons (Fsp3) is 0.538. The Morgan fingerprint density at radius 1 is 1.27 bits per heavy atom. The van der Waals surface area contributed by atoms with Crippen molar-refractivity contribution in [2.24, 2.45) is 5.73 Å². The maximum Gasteiger partial charge on any atom is 0.0474 e. The Balaban J connectivity index is 2.56. The smallest absolute Gasteiger partial charge is 0.0474 e. The molecule has 0 radical (unpaired) electrons. The summed E-state index contributed by atoms with van der Waals surface area (Å²) in [6, 6.07) is 6.88. The van der Waals surface area contributed by atoms with Gasteiger partial charge in [-0.05, 0) is 44.2 Å². The SMILES string of the molecule is Cc1cc(CCl)cc(CCC[C@@H](C)N)c1. The molecule has 1 aromatic carbocycles. The van der Waals surface area contributed by atoms with E-state index in [0.29, 0.717) is 11.9 Å². The number of alkyl halides is 1. The molecule has 0 saturated heterocycles. The van der Waals surface area contributed by atoms with Gasteiger partial charge in [-0.25, -0.2) is 0 Å². The molecular formula is C13H20ClN. The van der Waals surface area contributed by atoms with E-state index in [-0.39, 0.29) is 0 Å². The second-order valence-corrected chi connectivity index (χ2v) is 4.60. The van der Waals surface area contributed by atoms with E-state index in [1.54, 1.807) is 0 Å². The van der Waals surface area contributed by atoms with Gasteiger partial charge in [0.2, 0.25) is 0 Å². The lowest BCUT2D eigenvalue weighted by Gasteiger charge is -2.07. The van der Waals surface area contributed by atoms with Crippen LogP contribution >= 0.6 is 11.6 Å². The molecule has 1 atom stereocenters. The van der Waals surface area contributed by atoms with E-state index in [9.17, 15) is 0 Å². The Labute approximate surface area is 97.6 Å². The highest BCUT2D eigenvalue weighted by molar-refractivity contribution is 6.17. The fourth-order valence-corrected chi connectivity index (χ4v) is 1.95. The van der Waals surface area contributed by atoms with Crippen LogP contribution in [0.2, 0.25) is 0 Å². The first-order valence-electron chi connectivity index (χ1n) is 5.53. The minimum absolute atomic E-state index is 0.308. The molecule has 2 N–H and O–H groups in total. The van der Waals surface area contributed by atoms with Crippen molar-refractivity contribution in [3.8, 4) is 0 Å². The molecule has 0 fully saturated rings. The van der Waals surface area contributed by atoms with Crippen LogP contribution in [0.5, 0.6) is 0 Å². The molecule has 0 amide bonds. The van der Waals surface area contributed by atoms with Gasteiger partial charge in [0.25, 0.3) is 0 Å². The minimum atomic E-state index is 0.308. The molecule has 1 aromatic rings. The summed E-state index contributed by atoms with van der Waals surface area (Å²) in [7, 11) is 0. The molecule has 2 heteroatoms. The van der Waals surface area contributed by atoms with E-state index >= 15 is 0 Å². The van der Waals surface area contributed by atoms with Crippen LogP contribution in [0.1, 0.15) is 36.5 Å². The van der Waals surface area contributed by atoms with E-state index in [2.05, 4.69) is 32.0 Å². The largest absolute Gasteiger partial charge is 0.328 e. The van der Waals surface area contributed by atoms with Crippen molar-refractivity contribution < 1.29 is 0 Å². The van der Waals surface area contributed by atoms with Crippen LogP contribution in [0.3, 0.4) is 0 Å². The minimum Gasteiger partial charge on any atom is -0.328 e. The second kappa shape index (κ2) is 6.14. The zero-order valence-corrected chi connectivity index (χ0v) is 10.3. The van der Waals surface area contributed by atoms with Gasteiger partial charge in [-0.15, -0.1) is 11.6 Å². The van der Waals surface area contributed by atoms with Crippen molar-refractivity contribution in [2.45, 2.75) is 45.0 Å². The predicted molar refractivity (Wildman–Crippen MR) is 67.3 cm³/mol. The van der Waals surface area contributed by atoms with E-state index < -0.39 is 0 Å². The Hall–Kier alpha value is -0.530. The zero-order valence-electron chi connectivity index (χ0n) is 9.59. The van der Waals surface area contributed by atoms with Gasteiger partial charge < -0.3 is 5.73 Å². The molecule has 0 aliphatic rings. The van der Waals surface area contributed by atoms with E-state index in [1.807, 2.05) is 0 Å². The summed E-state index contributed by atoms with van der Waals surface area (Å²) in [5.41, 5.74) is 9.61. The normalized spacial score (nSPS) is 12.8. The summed E-state index contributed by atoms with van der Waals surface area (Å²) in [6.07, 6.45) is 3.35. The molecule has 1 rings (SSSR count). The van der Waals surface area contributed by atoms with Crippen LogP contribution < -0.4 is 5.73 Å². The zero-order chi connectivity index (χ0) is 11.3. The molecule has 0 heterocycles. The fourth-order valence-electron chi connectivity index (χ4n) is 1.80. The van der Waals surface area contributed by atoms with E-state index in [1.165, 1.54) is 16.7 Å². The van der Waals surface area contributed by atoms with Gasteiger partial charge in [0, 0.05) is 11.9 Å². The number of aryl methyl sites for hydroxylation is 2.